The van der Waals surface area contributed by atoms with E-state index in [9.17, 15) is 9.59 Å². The zero-order chi connectivity index (χ0) is 18.1. The molecule has 0 saturated carbocycles. The molecular formula is C17H23N3O4. The molecular weight excluding hydrogens is 310 g/mol. The van der Waals surface area contributed by atoms with Crippen molar-refractivity contribution in [3.63, 3.8) is 0 Å². The Bertz CT molecular complexity index is 787. The summed E-state index contributed by atoms with van der Waals surface area (Å²) in [5, 5.41) is 7.04. The lowest BCUT2D eigenvalue weighted by atomic mass is 10.1. The zero-order valence-electron chi connectivity index (χ0n) is 14.9. The van der Waals surface area contributed by atoms with Crippen LogP contribution in [0.15, 0.2) is 12.3 Å². The zero-order valence-corrected chi connectivity index (χ0v) is 14.9. The highest BCUT2D eigenvalue weighted by Gasteiger charge is 2.22. The molecule has 7 nitrogen and oxygen atoms in total. The van der Waals surface area contributed by atoms with E-state index in [0.29, 0.717) is 28.0 Å². The molecule has 0 saturated heterocycles. The number of pyridine rings is 1. The lowest BCUT2D eigenvalue weighted by molar-refractivity contribution is 0.0527. The molecule has 0 atom stereocenters. The van der Waals surface area contributed by atoms with E-state index < -0.39 is 17.7 Å². The molecule has 0 aliphatic heterocycles. The van der Waals surface area contributed by atoms with Crippen molar-refractivity contribution in [2.45, 2.75) is 47.1 Å². The first kappa shape index (κ1) is 17.8. The summed E-state index contributed by atoms with van der Waals surface area (Å²) in [6.07, 6.45) is 1.13. The van der Waals surface area contributed by atoms with E-state index in [1.165, 1.54) is 0 Å². The second kappa shape index (κ2) is 6.51. The second-order valence-corrected chi connectivity index (χ2v) is 6.46. The van der Waals surface area contributed by atoms with Crippen LogP contribution >= 0.6 is 0 Å². The van der Waals surface area contributed by atoms with Gasteiger partial charge in [-0.25, -0.2) is 14.1 Å². The van der Waals surface area contributed by atoms with Crippen LogP contribution in [0.2, 0.25) is 0 Å². The number of aromatic nitrogens is 2. The SMILES string of the molecule is CCOC(=O)c1c(C)nn2ccc(NC(=O)OC(C)(C)C)c(C)c12. The maximum atomic E-state index is 12.2. The van der Waals surface area contributed by atoms with Crippen LogP contribution in [0.5, 0.6) is 0 Å². The number of anilines is 1. The third kappa shape index (κ3) is 3.67. The number of rotatable bonds is 3. The molecule has 2 rings (SSSR count). The molecule has 7 heteroatoms. The molecule has 0 spiro atoms. The maximum absolute atomic E-state index is 12.2. The Hall–Kier alpha value is -2.57. The fraction of sp³-hybridized carbons (Fsp3) is 0.471. The molecule has 0 unspecified atom stereocenters. The van der Waals surface area contributed by atoms with E-state index in [0.717, 1.165) is 0 Å². The summed E-state index contributed by atoms with van der Waals surface area (Å²) < 4.78 is 12.0. The summed E-state index contributed by atoms with van der Waals surface area (Å²) in [4.78, 5) is 24.2. The van der Waals surface area contributed by atoms with Gasteiger partial charge >= 0.3 is 12.1 Å². The van der Waals surface area contributed by atoms with Crippen molar-refractivity contribution in [1.82, 2.24) is 9.61 Å². The molecule has 0 aromatic carbocycles. The predicted molar refractivity (Wildman–Crippen MR) is 90.5 cm³/mol. The van der Waals surface area contributed by atoms with Crippen LogP contribution < -0.4 is 5.32 Å². The lowest BCUT2D eigenvalue weighted by Gasteiger charge is -2.20. The first-order valence-corrected chi connectivity index (χ1v) is 7.79. The van der Waals surface area contributed by atoms with Gasteiger partial charge in [-0.2, -0.15) is 5.10 Å². The van der Waals surface area contributed by atoms with E-state index in [2.05, 4.69) is 10.4 Å². The molecule has 2 aromatic rings. The number of ether oxygens (including phenoxy) is 2. The third-order valence-electron chi connectivity index (χ3n) is 3.34. The Kier molecular flexibility index (Phi) is 4.82. The maximum Gasteiger partial charge on any atom is 0.412 e. The topological polar surface area (TPSA) is 81.9 Å². The van der Waals surface area contributed by atoms with Crippen molar-refractivity contribution in [3.05, 3.63) is 29.1 Å². The smallest absolute Gasteiger partial charge is 0.412 e. The molecule has 1 N–H and O–H groups in total. The highest BCUT2D eigenvalue weighted by atomic mass is 16.6. The van der Waals surface area contributed by atoms with E-state index in [1.54, 1.807) is 51.4 Å². The van der Waals surface area contributed by atoms with Gasteiger partial charge in [-0.05, 0) is 53.2 Å². The van der Waals surface area contributed by atoms with Gasteiger partial charge in [0.1, 0.15) is 11.2 Å². The van der Waals surface area contributed by atoms with Crippen molar-refractivity contribution in [1.29, 1.82) is 0 Å². The van der Waals surface area contributed by atoms with E-state index in [4.69, 9.17) is 9.47 Å². The van der Waals surface area contributed by atoms with Crippen LogP contribution in [0, 0.1) is 13.8 Å². The second-order valence-electron chi connectivity index (χ2n) is 6.46. The van der Waals surface area contributed by atoms with Gasteiger partial charge in [0.05, 0.1) is 23.5 Å². The fourth-order valence-electron chi connectivity index (χ4n) is 2.41. The molecule has 0 fully saturated rings. The summed E-state index contributed by atoms with van der Waals surface area (Å²) in [5.74, 6) is -0.428. The molecule has 0 aliphatic rings. The number of carbonyl (C=O) groups excluding carboxylic acids is 2. The summed E-state index contributed by atoms with van der Waals surface area (Å²) in [5.41, 5.74) is 2.27. The molecule has 0 aliphatic carbocycles. The Morgan fingerprint density at radius 2 is 1.96 bits per heavy atom. The van der Waals surface area contributed by atoms with E-state index >= 15 is 0 Å². The monoisotopic (exact) mass is 333 g/mol. The van der Waals surface area contributed by atoms with E-state index in [-0.39, 0.29) is 6.61 Å². The molecule has 130 valence electrons. The number of fused-ring (bicyclic) bond motifs is 1. The quantitative estimate of drug-likeness (QED) is 0.870. The number of amides is 1. The number of aryl methyl sites for hydroxylation is 2. The van der Waals surface area contributed by atoms with Crippen molar-refractivity contribution < 1.29 is 19.1 Å². The largest absolute Gasteiger partial charge is 0.462 e. The minimum Gasteiger partial charge on any atom is -0.462 e. The minimum atomic E-state index is -0.592. The van der Waals surface area contributed by atoms with E-state index in [1.807, 2.05) is 6.92 Å². The first-order chi connectivity index (χ1) is 11.1. The highest BCUT2D eigenvalue weighted by molar-refractivity contribution is 6.00. The minimum absolute atomic E-state index is 0.282. The van der Waals surface area contributed by atoms with Gasteiger partial charge in [-0.15, -0.1) is 0 Å². The summed E-state index contributed by atoms with van der Waals surface area (Å²) in [7, 11) is 0. The summed E-state index contributed by atoms with van der Waals surface area (Å²) >= 11 is 0. The number of hydrogen-bond donors (Lipinski definition) is 1. The lowest BCUT2D eigenvalue weighted by Crippen LogP contribution is -2.27. The fourth-order valence-corrected chi connectivity index (χ4v) is 2.41. The third-order valence-corrected chi connectivity index (χ3v) is 3.34. The van der Waals surface area contributed by atoms with Gasteiger partial charge < -0.3 is 9.47 Å². The number of nitrogens with zero attached hydrogens (tertiary/aromatic N) is 2. The van der Waals surface area contributed by atoms with Gasteiger partial charge in [-0.3, -0.25) is 5.32 Å². The predicted octanol–water partition coefficient (Wildman–Crippen LogP) is 3.47. The van der Waals surface area contributed by atoms with Crippen LogP contribution in [0.1, 0.15) is 49.3 Å². The summed E-state index contributed by atoms with van der Waals surface area (Å²) in [6, 6.07) is 1.72. The summed E-state index contributed by atoms with van der Waals surface area (Å²) in [6.45, 7) is 11.0. The number of nitrogens with one attached hydrogen (secondary N) is 1. The Labute approximate surface area is 140 Å². The average Bonchev–Trinajstić information content (AvgIpc) is 2.77. The Morgan fingerprint density at radius 3 is 2.54 bits per heavy atom. The van der Waals surface area contributed by atoms with Crippen molar-refractivity contribution in [2.24, 2.45) is 0 Å². The van der Waals surface area contributed by atoms with Crippen LogP contribution in [0.25, 0.3) is 5.52 Å². The molecule has 1 amide bonds. The number of esters is 1. The molecule has 24 heavy (non-hydrogen) atoms. The average molecular weight is 333 g/mol. The van der Waals surface area contributed by atoms with Gasteiger partial charge in [-0.1, -0.05) is 0 Å². The normalized spacial score (nSPS) is 11.4. The van der Waals surface area contributed by atoms with Crippen LogP contribution in [0.3, 0.4) is 0 Å². The highest BCUT2D eigenvalue weighted by Crippen LogP contribution is 2.26. The standard InChI is InChI=1S/C17H23N3O4/c1-7-23-15(21)13-11(3)19-20-9-8-12(10(2)14(13)20)18-16(22)24-17(4,5)6/h8-9H,7H2,1-6H3,(H,18,22). The van der Waals surface area contributed by atoms with Gasteiger partial charge in [0.2, 0.25) is 0 Å². The molecule has 0 bridgehead atoms. The van der Waals surface area contributed by atoms with Crippen LogP contribution in [-0.4, -0.2) is 33.9 Å². The molecule has 2 heterocycles. The molecule has 2 aromatic heterocycles. The van der Waals surface area contributed by atoms with Crippen LogP contribution in [-0.2, 0) is 9.47 Å². The van der Waals surface area contributed by atoms with Gasteiger partial charge in [0, 0.05) is 6.20 Å². The van der Waals surface area contributed by atoms with Gasteiger partial charge in [0.15, 0.2) is 0 Å². The van der Waals surface area contributed by atoms with Crippen LogP contribution in [0.4, 0.5) is 10.5 Å². The number of carbonyl (C=O) groups is 2. The van der Waals surface area contributed by atoms with Crippen molar-refractivity contribution >= 4 is 23.3 Å². The van der Waals surface area contributed by atoms with Gasteiger partial charge in [0.25, 0.3) is 0 Å². The Balaban J connectivity index is 2.44. The Morgan fingerprint density at radius 1 is 1.29 bits per heavy atom. The first-order valence-electron chi connectivity index (χ1n) is 7.79. The molecule has 0 radical (unpaired) electrons. The van der Waals surface area contributed by atoms with Crippen molar-refractivity contribution in [2.75, 3.05) is 11.9 Å². The van der Waals surface area contributed by atoms with Crippen molar-refractivity contribution in [3.8, 4) is 0 Å². The number of hydrogen-bond acceptors (Lipinski definition) is 5.